The molecule has 2 aliphatic rings. The first-order valence-electron chi connectivity index (χ1n) is 6.24. The Morgan fingerprint density at radius 3 is 2.56 bits per heavy atom. The summed E-state index contributed by atoms with van der Waals surface area (Å²) < 4.78 is 13.1. The van der Waals surface area contributed by atoms with Crippen LogP contribution in [-0.2, 0) is 16.5 Å². The van der Waals surface area contributed by atoms with Crippen LogP contribution in [0, 0.1) is 0 Å². The van der Waals surface area contributed by atoms with Gasteiger partial charge in [-0.3, -0.25) is 4.79 Å². The lowest BCUT2D eigenvalue weighted by molar-refractivity contribution is -0.181. The van der Waals surface area contributed by atoms with Gasteiger partial charge < -0.3 is 18.9 Å². The number of aryl methyl sites for hydroxylation is 1. The normalized spacial score (nSPS) is 22.6. The van der Waals surface area contributed by atoms with E-state index in [1.165, 1.54) is 0 Å². The highest BCUT2D eigenvalue weighted by Gasteiger charge is 2.41. The molecule has 3 heterocycles. The molecule has 3 rings (SSSR count). The van der Waals surface area contributed by atoms with Crippen LogP contribution >= 0.6 is 0 Å². The van der Waals surface area contributed by atoms with E-state index in [1.807, 2.05) is 11.9 Å². The van der Waals surface area contributed by atoms with Gasteiger partial charge in [-0.05, 0) is 0 Å². The Morgan fingerprint density at radius 2 is 2.00 bits per heavy atom. The van der Waals surface area contributed by atoms with Gasteiger partial charge in [0, 0.05) is 39.2 Å². The van der Waals surface area contributed by atoms with Gasteiger partial charge in [-0.25, -0.2) is 4.98 Å². The molecule has 0 bridgehead atoms. The maximum absolute atomic E-state index is 12.2. The van der Waals surface area contributed by atoms with E-state index in [4.69, 9.17) is 9.47 Å². The van der Waals surface area contributed by atoms with Gasteiger partial charge in [-0.2, -0.15) is 0 Å². The standard InChI is InChI=1S/C12H17N3O3/c1-14-8-10(13-9-14)11(16)15-4-2-12(3-5-15)17-6-7-18-12/h8-9H,2-7H2,1H3. The topological polar surface area (TPSA) is 56.6 Å². The molecule has 98 valence electrons. The van der Waals surface area contributed by atoms with Gasteiger partial charge in [0.2, 0.25) is 0 Å². The molecule has 6 nitrogen and oxygen atoms in total. The molecule has 1 spiro atoms. The third-order valence-corrected chi connectivity index (χ3v) is 3.55. The predicted octanol–water partition coefficient (Wildman–Crippen LogP) is 0.399. The number of carbonyl (C=O) groups is 1. The molecule has 2 aliphatic heterocycles. The van der Waals surface area contributed by atoms with Crippen LogP contribution in [0.15, 0.2) is 12.5 Å². The van der Waals surface area contributed by atoms with E-state index in [0.717, 1.165) is 12.8 Å². The van der Waals surface area contributed by atoms with Crippen LogP contribution < -0.4 is 0 Å². The van der Waals surface area contributed by atoms with Crippen molar-refractivity contribution in [1.82, 2.24) is 14.5 Å². The van der Waals surface area contributed by atoms with Crippen molar-refractivity contribution in [3.63, 3.8) is 0 Å². The molecule has 0 N–H and O–H groups in total. The summed E-state index contributed by atoms with van der Waals surface area (Å²) in [6.07, 6.45) is 4.87. The average molecular weight is 251 g/mol. The average Bonchev–Trinajstić information content (AvgIpc) is 3.00. The lowest BCUT2D eigenvalue weighted by Crippen LogP contribution is -2.47. The fourth-order valence-electron chi connectivity index (χ4n) is 2.52. The first-order chi connectivity index (χ1) is 8.69. The van der Waals surface area contributed by atoms with Crippen molar-refractivity contribution in [2.45, 2.75) is 18.6 Å². The first-order valence-corrected chi connectivity index (χ1v) is 6.24. The number of carbonyl (C=O) groups excluding carboxylic acids is 1. The van der Waals surface area contributed by atoms with Gasteiger partial charge in [-0.1, -0.05) is 0 Å². The van der Waals surface area contributed by atoms with Crippen molar-refractivity contribution < 1.29 is 14.3 Å². The van der Waals surface area contributed by atoms with Crippen LogP contribution in [0.5, 0.6) is 0 Å². The Morgan fingerprint density at radius 1 is 1.33 bits per heavy atom. The second-order valence-electron chi connectivity index (χ2n) is 4.82. The molecule has 1 amide bonds. The molecule has 0 aliphatic carbocycles. The van der Waals surface area contributed by atoms with Gasteiger partial charge in [0.25, 0.3) is 5.91 Å². The maximum atomic E-state index is 12.2. The van der Waals surface area contributed by atoms with Gasteiger partial charge in [-0.15, -0.1) is 0 Å². The molecule has 0 aromatic carbocycles. The van der Waals surface area contributed by atoms with Crippen LogP contribution in [0.4, 0.5) is 0 Å². The summed E-state index contributed by atoms with van der Waals surface area (Å²) >= 11 is 0. The molecule has 0 unspecified atom stereocenters. The molecule has 0 saturated carbocycles. The van der Waals surface area contributed by atoms with Crippen molar-refractivity contribution in [3.05, 3.63) is 18.2 Å². The molecule has 6 heteroatoms. The predicted molar refractivity (Wildman–Crippen MR) is 63.0 cm³/mol. The van der Waals surface area contributed by atoms with Crippen molar-refractivity contribution in [3.8, 4) is 0 Å². The van der Waals surface area contributed by atoms with E-state index in [9.17, 15) is 4.79 Å². The Bertz CT molecular complexity index is 441. The minimum Gasteiger partial charge on any atom is -0.347 e. The molecule has 2 saturated heterocycles. The third kappa shape index (κ3) is 2.02. The number of nitrogens with zero attached hydrogens (tertiary/aromatic N) is 3. The summed E-state index contributed by atoms with van der Waals surface area (Å²) in [6, 6.07) is 0. The number of piperidine rings is 1. The molecule has 0 atom stereocenters. The monoisotopic (exact) mass is 251 g/mol. The van der Waals surface area contributed by atoms with Crippen molar-refractivity contribution in [2.75, 3.05) is 26.3 Å². The Balaban J connectivity index is 1.64. The van der Waals surface area contributed by atoms with Crippen molar-refractivity contribution in [2.24, 2.45) is 7.05 Å². The molecule has 2 fully saturated rings. The van der Waals surface area contributed by atoms with Crippen molar-refractivity contribution in [1.29, 1.82) is 0 Å². The summed E-state index contributed by atoms with van der Waals surface area (Å²) in [7, 11) is 1.86. The maximum Gasteiger partial charge on any atom is 0.274 e. The van der Waals surface area contributed by atoms with E-state index in [1.54, 1.807) is 17.1 Å². The zero-order valence-electron chi connectivity index (χ0n) is 10.5. The number of ether oxygens (including phenoxy) is 2. The number of hydrogen-bond acceptors (Lipinski definition) is 4. The zero-order chi connectivity index (χ0) is 12.6. The van der Waals surface area contributed by atoms with E-state index in [-0.39, 0.29) is 5.91 Å². The highest BCUT2D eigenvalue weighted by Crippen LogP contribution is 2.31. The van der Waals surface area contributed by atoms with E-state index in [0.29, 0.717) is 32.0 Å². The van der Waals surface area contributed by atoms with Gasteiger partial charge in [0.1, 0.15) is 5.69 Å². The third-order valence-electron chi connectivity index (χ3n) is 3.55. The summed E-state index contributed by atoms with van der Waals surface area (Å²) in [5.74, 6) is -0.440. The molecule has 1 aromatic heterocycles. The number of aromatic nitrogens is 2. The van der Waals surface area contributed by atoms with Crippen LogP contribution in [0.3, 0.4) is 0 Å². The second kappa shape index (κ2) is 4.37. The number of likely N-dealkylation sites (tertiary alicyclic amines) is 1. The number of hydrogen-bond donors (Lipinski definition) is 0. The van der Waals surface area contributed by atoms with Crippen LogP contribution in [-0.4, -0.2) is 52.4 Å². The number of amides is 1. The number of imidazole rings is 1. The second-order valence-corrected chi connectivity index (χ2v) is 4.82. The minimum absolute atomic E-state index is 0.0107. The fraction of sp³-hybridized carbons (Fsp3) is 0.667. The largest absolute Gasteiger partial charge is 0.347 e. The summed E-state index contributed by atoms with van der Waals surface area (Å²) in [5, 5.41) is 0. The molecular formula is C12H17N3O3. The van der Waals surface area contributed by atoms with Crippen LogP contribution in [0.25, 0.3) is 0 Å². The molecule has 0 radical (unpaired) electrons. The smallest absolute Gasteiger partial charge is 0.274 e. The quantitative estimate of drug-likeness (QED) is 0.725. The van der Waals surface area contributed by atoms with E-state index >= 15 is 0 Å². The van der Waals surface area contributed by atoms with Gasteiger partial charge in [0.15, 0.2) is 5.79 Å². The summed E-state index contributed by atoms with van der Waals surface area (Å²) in [6.45, 7) is 2.65. The lowest BCUT2D eigenvalue weighted by Gasteiger charge is -2.37. The Labute approximate surface area is 105 Å². The zero-order valence-corrected chi connectivity index (χ0v) is 10.5. The number of rotatable bonds is 1. The molecule has 1 aromatic rings. The van der Waals surface area contributed by atoms with E-state index in [2.05, 4.69) is 4.98 Å². The minimum atomic E-state index is -0.430. The lowest BCUT2D eigenvalue weighted by atomic mass is 10.0. The molecule has 18 heavy (non-hydrogen) atoms. The van der Waals surface area contributed by atoms with Crippen molar-refractivity contribution >= 4 is 5.91 Å². The summed E-state index contributed by atoms with van der Waals surface area (Å²) in [4.78, 5) is 18.1. The first kappa shape index (κ1) is 11.7. The van der Waals surface area contributed by atoms with Gasteiger partial charge >= 0.3 is 0 Å². The highest BCUT2D eigenvalue weighted by atomic mass is 16.7. The summed E-state index contributed by atoms with van der Waals surface area (Å²) in [5.41, 5.74) is 0.502. The van der Waals surface area contributed by atoms with Crippen LogP contribution in [0.1, 0.15) is 23.3 Å². The van der Waals surface area contributed by atoms with E-state index < -0.39 is 5.79 Å². The SMILES string of the molecule is Cn1cnc(C(=O)N2CCC3(CC2)OCCO3)c1. The Kier molecular flexibility index (Phi) is 2.83. The highest BCUT2D eigenvalue weighted by molar-refractivity contribution is 5.92. The fourth-order valence-corrected chi connectivity index (χ4v) is 2.52. The Hall–Kier alpha value is -1.40. The van der Waals surface area contributed by atoms with Gasteiger partial charge in [0.05, 0.1) is 19.5 Å². The molecular weight excluding hydrogens is 234 g/mol. The van der Waals surface area contributed by atoms with Crippen LogP contribution in [0.2, 0.25) is 0 Å².